The van der Waals surface area contributed by atoms with Gasteiger partial charge in [0.2, 0.25) is 5.91 Å². The van der Waals surface area contributed by atoms with Gasteiger partial charge in [-0.2, -0.15) is 0 Å². The maximum atomic E-state index is 12.2. The lowest BCUT2D eigenvalue weighted by molar-refractivity contribution is -0.115. The lowest BCUT2D eigenvalue weighted by atomic mass is 10.2. The van der Waals surface area contributed by atoms with Crippen LogP contribution in [-0.4, -0.2) is 20.1 Å². The van der Waals surface area contributed by atoms with Gasteiger partial charge in [-0.05, 0) is 48.9 Å². The molecule has 0 saturated heterocycles. The van der Waals surface area contributed by atoms with E-state index in [1.54, 1.807) is 18.2 Å². The first-order valence-electron chi connectivity index (χ1n) is 6.82. The number of sulfone groups is 1. The molecule has 2 rings (SSSR count). The second-order valence-corrected chi connectivity index (χ2v) is 7.99. The summed E-state index contributed by atoms with van der Waals surface area (Å²) in [4.78, 5) is 12.0. The molecule has 0 saturated carbocycles. The predicted molar refractivity (Wildman–Crippen MR) is 92.9 cm³/mol. The standard InChI is InChI=1S/C16H15Cl2NO3S/c1-11-2-5-13(10-15(11)18)19-16(20)8-9-23(21,22)14-6-3-12(17)4-7-14/h2-7,10H,8-9H2,1H3,(H,19,20). The molecule has 0 spiro atoms. The van der Waals surface area contributed by atoms with E-state index in [0.717, 1.165) is 5.56 Å². The Bertz CT molecular complexity index is 818. The minimum absolute atomic E-state index is 0.142. The van der Waals surface area contributed by atoms with Crippen LogP contribution in [0.15, 0.2) is 47.4 Å². The molecule has 0 aromatic heterocycles. The first-order valence-corrected chi connectivity index (χ1v) is 9.23. The Morgan fingerprint density at radius 3 is 2.35 bits per heavy atom. The molecule has 23 heavy (non-hydrogen) atoms. The molecular weight excluding hydrogens is 357 g/mol. The number of nitrogens with one attached hydrogen (secondary N) is 1. The van der Waals surface area contributed by atoms with Gasteiger partial charge >= 0.3 is 0 Å². The van der Waals surface area contributed by atoms with Crippen LogP contribution in [0.4, 0.5) is 5.69 Å². The van der Waals surface area contributed by atoms with Crippen LogP contribution < -0.4 is 5.32 Å². The van der Waals surface area contributed by atoms with E-state index < -0.39 is 9.84 Å². The van der Waals surface area contributed by atoms with Crippen molar-refractivity contribution in [1.29, 1.82) is 0 Å². The Morgan fingerprint density at radius 2 is 1.74 bits per heavy atom. The average molecular weight is 372 g/mol. The van der Waals surface area contributed by atoms with Crippen LogP contribution in [0.1, 0.15) is 12.0 Å². The number of aryl methyl sites for hydroxylation is 1. The highest BCUT2D eigenvalue weighted by molar-refractivity contribution is 7.91. The quantitative estimate of drug-likeness (QED) is 0.859. The number of benzene rings is 2. The molecule has 0 bridgehead atoms. The fourth-order valence-electron chi connectivity index (χ4n) is 1.88. The van der Waals surface area contributed by atoms with Crippen LogP contribution in [0.2, 0.25) is 10.0 Å². The summed E-state index contributed by atoms with van der Waals surface area (Å²) in [6, 6.07) is 11.0. The van der Waals surface area contributed by atoms with Crippen LogP contribution in [0, 0.1) is 6.92 Å². The van der Waals surface area contributed by atoms with Gasteiger partial charge in [-0.25, -0.2) is 8.42 Å². The summed E-state index contributed by atoms with van der Waals surface area (Å²) in [5.41, 5.74) is 1.43. The zero-order valence-corrected chi connectivity index (χ0v) is 14.7. The third-order valence-corrected chi connectivity index (χ3v) is 5.62. The molecule has 0 fully saturated rings. The van der Waals surface area contributed by atoms with Gasteiger partial charge < -0.3 is 5.32 Å². The molecule has 1 N–H and O–H groups in total. The second kappa shape index (κ2) is 7.34. The second-order valence-electron chi connectivity index (χ2n) is 5.03. The molecule has 4 nitrogen and oxygen atoms in total. The average Bonchev–Trinajstić information content (AvgIpc) is 2.50. The smallest absolute Gasteiger partial charge is 0.225 e. The highest BCUT2D eigenvalue weighted by Gasteiger charge is 2.16. The number of anilines is 1. The SMILES string of the molecule is Cc1ccc(NC(=O)CCS(=O)(=O)c2ccc(Cl)cc2)cc1Cl. The Labute approximate surface area is 145 Å². The summed E-state index contributed by atoms with van der Waals surface area (Å²) in [5, 5.41) is 3.63. The Hall–Kier alpha value is -1.56. The van der Waals surface area contributed by atoms with Gasteiger partial charge in [-0.3, -0.25) is 4.79 Å². The molecule has 0 aliphatic rings. The molecule has 2 aromatic rings. The van der Waals surface area contributed by atoms with Gasteiger partial charge in [0.25, 0.3) is 0 Å². The van der Waals surface area contributed by atoms with E-state index in [1.807, 2.05) is 6.92 Å². The third-order valence-electron chi connectivity index (χ3n) is 3.23. The summed E-state index contributed by atoms with van der Waals surface area (Å²) in [6.45, 7) is 1.85. The number of halogens is 2. The summed E-state index contributed by atoms with van der Waals surface area (Å²) in [5.74, 6) is -0.664. The van der Waals surface area contributed by atoms with Crippen molar-refractivity contribution in [2.75, 3.05) is 11.1 Å². The lowest BCUT2D eigenvalue weighted by Gasteiger charge is -2.08. The molecular formula is C16H15Cl2NO3S. The molecule has 0 heterocycles. The van der Waals surface area contributed by atoms with Crippen molar-refractivity contribution >= 4 is 44.6 Å². The van der Waals surface area contributed by atoms with Crippen molar-refractivity contribution in [3.8, 4) is 0 Å². The minimum atomic E-state index is -3.52. The zero-order chi connectivity index (χ0) is 17.0. The fraction of sp³-hybridized carbons (Fsp3) is 0.188. The van der Waals surface area contributed by atoms with Crippen LogP contribution in [-0.2, 0) is 14.6 Å². The lowest BCUT2D eigenvalue weighted by Crippen LogP contribution is -2.17. The molecule has 0 radical (unpaired) electrons. The topological polar surface area (TPSA) is 63.2 Å². The molecule has 0 aliphatic heterocycles. The van der Waals surface area contributed by atoms with Gasteiger partial charge in [-0.15, -0.1) is 0 Å². The number of rotatable bonds is 5. The van der Waals surface area contributed by atoms with E-state index in [-0.39, 0.29) is 23.0 Å². The van der Waals surface area contributed by atoms with Crippen LogP contribution >= 0.6 is 23.2 Å². The van der Waals surface area contributed by atoms with Gasteiger partial charge in [0.05, 0.1) is 10.6 Å². The van der Waals surface area contributed by atoms with E-state index >= 15 is 0 Å². The number of hydrogen-bond acceptors (Lipinski definition) is 3. The Kier molecular flexibility index (Phi) is 5.68. The minimum Gasteiger partial charge on any atom is -0.326 e. The van der Waals surface area contributed by atoms with Gasteiger partial charge in [0.1, 0.15) is 0 Å². The predicted octanol–water partition coefficient (Wildman–Crippen LogP) is 4.10. The van der Waals surface area contributed by atoms with Crippen LogP contribution in [0.5, 0.6) is 0 Å². The van der Waals surface area contributed by atoms with Crippen molar-refractivity contribution in [3.05, 3.63) is 58.1 Å². The Balaban J connectivity index is 1.98. The molecule has 0 aliphatic carbocycles. The number of carbonyl (C=O) groups excluding carboxylic acids is 1. The summed E-state index contributed by atoms with van der Waals surface area (Å²) >= 11 is 11.7. The van der Waals surface area contributed by atoms with Crippen LogP contribution in [0.25, 0.3) is 0 Å². The monoisotopic (exact) mass is 371 g/mol. The third kappa shape index (κ3) is 4.96. The molecule has 0 atom stereocenters. The van der Waals surface area contributed by atoms with E-state index in [0.29, 0.717) is 15.7 Å². The van der Waals surface area contributed by atoms with Crippen molar-refractivity contribution < 1.29 is 13.2 Å². The van der Waals surface area contributed by atoms with E-state index in [2.05, 4.69) is 5.32 Å². The van der Waals surface area contributed by atoms with E-state index in [4.69, 9.17) is 23.2 Å². The van der Waals surface area contributed by atoms with Gasteiger partial charge in [-0.1, -0.05) is 29.3 Å². The first kappa shape index (κ1) is 17.8. The zero-order valence-electron chi connectivity index (χ0n) is 12.3. The van der Waals surface area contributed by atoms with Crippen molar-refractivity contribution in [3.63, 3.8) is 0 Å². The van der Waals surface area contributed by atoms with E-state index in [9.17, 15) is 13.2 Å². The maximum absolute atomic E-state index is 12.2. The van der Waals surface area contributed by atoms with Gasteiger partial charge in [0.15, 0.2) is 9.84 Å². The molecule has 7 heteroatoms. The molecule has 122 valence electrons. The largest absolute Gasteiger partial charge is 0.326 e. The molecule has 2 aromatic carbocycles. The molecule has 0 unspecified atom stereocenters. The highest BCUT2D eigenvalue weighted by atomic mass is 35.5. The Morgan fingerprint density at radius 1 is 1.09 bits per heavy atom. The number of hydrogen-bond donors (Lipinski definition) is 1. The highest BCUT2D eigenvalue weighted by Crippen LogP contribution is 2.20. The molecule has 1 amide bonds. The first-order chi connectivity index (χ1) is 10.8. The van der Waals surface area contributed by atoms with Crippen molar-refractivity contribution in [2.24, 2.45) is 0 Å². The number of carbonyl (C=O) groups is 1. The van der Waals surface area contributed by atoms with Crippen LogP contribution in [0.3, 0.4) is 0 Å². The summed E-state index contributed by atoms with van der Waals surface area (Å²) in [6.07, 6.45) is -0.142. The van der Waals surface area contributed by atoms with E-state index in [1.165, 1.54) is 24.3 Å². The van der Waals surface area contributed by atoms with Gasteiger partial charge in [0, 0.05) is 22.2 Å². The summed E-state index contributed by atoms with van der Waals surface area (Å²) in [7, 11) is -3.52. The van der Waals surface area contributed by atoms with Crippen molar-refractivity contribution in [1.82, 2.24) is 0 Å². The van der Waals surface area contributed by atoms with Crippen molar-refractivity contribution in [2.45, 2.75) is 18.2 Å². The fourth-order valence-corrected chi connectivity index (χ4v) is 3.43. The number of amides is 1. The summed E-state index contributed by atoms with van der Waals surface area (Å²) < 4.78 is 24.3. The normalized spacial score (nSPS) is 11.3. The maximum Gasteiger partial charge on any atom is 0.225 e.